The summed E-state index contributed by atoms with van der Waals surface area (Å²) in [5.74, 6) is 2.37. The van der Waals surface area contributed by atoms with Gasteiger partial charge in [-0.05, 0) is 138 Å². The highest BCUT2D eigenvalue weighted by Crippen LogP contribution is 2.39. The van der Waals surface area contributed by atoms with Crippen molar-refractivity contribution >= 4 is 61.7 Å². The van der Waals surface area contributed by atoms with Crippen LogP contribution in [0.5, 0.6) is 11.5 Å². The summed E-state index contributed by atoms with van der Waals surface area (Å²) in [6, 6.07) is 84.8. The molecular weight excluding hydrogens is 965 g/mol. The first-order chi connectivity index (χ1) is 37.5. The summed E-state index contributed by atoms with van der Waals surface area (Å²) in [4.78, 5) is 5.06. The fourth-order valence-electron chi connectivity index (χ4n) is 11.5. The molecule has 384 valence electrons. The standard InChI is InChI=1S/C72H67N4OSi/c1-70(2,3)52-39-40-73-69(46-52)76-65-38-35-51(50-23-21-32-62(41-50)78(59-26-13-10-14-27-59,60-28-15-11-16-29-60)61-30-17-12-18-31-61)42-64(65)63-37-36-58(48-68(63)76)77-57-25-22-24-55(47-57)74-49-75(67-34-20-19-33-66(67)74)56-44-53(71(4,5)6)43-54(45-56)72(7,8)9/h10-49H,1-9H3/q+1. The summed E-state index contributed by atoms with van der Waals surface area (Å²) >= 11 is 0. The second-order valence-electron chi connectivity index (χ2n) is 24.0. The maximum absolute atomic E-state index is 6.92. The minimum atomic E-state index is -2.75. The van der Waals surface area contributed by atoms with Crippen molar-refractivity contribution in [3.05, 3.63) is 260 Å². The summed E-state index contributed by atoms with van der Waals surface area (Å²) < 4.78 is 13.8. The molecule has 12 rings (SSSR count). The molecule has 0 unspecified atom stereocenters. The van der Waals surface area contributed by atoms with E-state index in [0.29, 0.717) is 0 Å². The van der Waals surface area contributed by atoms with Crippen molar-refractivity contribution in [2.45, 2.75) is 78.6 Å². The SMILES string of the molecule is CC(C)(C)c1cc(-[n+]2cn(-c3cccc(Oc4ccc5c6cc(-c7cccc([Si](c8ccccc8)(c8ccccc8)c8ccccc8)c7)ccc6n(-c6cc(C(C)(C)C)ccn6)c5c4)c3)c3ccccc32)cc(C(C)(C)C)c1. The number of hydrogen-bond acceptors (Lipinski definition) is 2. The van der Waals surface area contributed by atoms with Crippen LogP contribution < -0.4 is 30.1 Å². The lowest BCUT2D eigenvalue weighted by Gasteiger charge is -2.34. The molecule has 78 heavy (non-hydrogen) atoms. The maximum Gasteiger partial charge on any atom is 0.255 e. The van der Waals surface area contributed by atoms with Gasteiger partial charge in [0, 0.05) is 29.1 Å². The lowest BCUT2D eigenvalue weighted by Crippen LogP contribution is -2.74. The Morgan fingerprint density at radius 3 is 1.63 bits per heavy atom. The van der Waals surface area contributed by atoms with Crippen LogP contribution in [0, 0.1) is 0 Å². The van der Waals surface area contributed by atoms with Crippen molar-refractivity contribution in [1.29, 1.82) is 0 Å². The molecule has 0 aliphatic carbocycles. The fraction of sp³-hybridized carbons (Fsp3) is 0.167. The third-order valence-electron chi connectivity index (χ3n) is 15.7. The number of nitrogens with zero attached hydrogens (tertiary/aromatic N) is 4. The van der Waals surface area contributed by atoms with Crippen LogP contribution in [-0.4, -0.2) is 22.2 Å². The topological polar surface area (TPSA) is 35.9 Å². The number of imidazole rings is 1. The van der Waals surface area contributed by atoms with Gasteiger partial charge in [0.2, 0.25) is 0 Å². The normalized spacial score (nSPS) is 12.4. The molecule has 3 aromatic heterocycles. The number of rotatable bonds is 10. The number of pyridine rings is 1. The summed E-state index contributed by atoms with van der Waals surface area (Å²) in [6.07, 6.45) is 4.17. The van der Waals surface area contributed by atoms with Crippen molar-refractivity contribution in [3.63, 3.8) is 0 Å². The molecule has 0 saturated carbocycles. The highest BCUT2D eigenvalue weighted by atomic mass is 28.3. The molecule has 0 spiro atoms. The molecule has 5 nitrogen and oxygen atoms in total. The monoisotopic (exact) mass is 1030 g/mol. The Labute approximate surface area is 460 Å². The van der Waals surface area contributed by atoms with Crippen LogP contribution in [0.2, 0.25) is 0 Å². The number of benzene rings is 9. The smallest absolute Gasteiger partial charge is 0.255 e. The van der Waals surface area contributed by atoms with E-state index in [0.717, 1.165) is 67.1 Å². The average Bonchev–Trinajstić information content (AvgIpc) is 4.19. The van der Waals surface area contributed by atoms with Crippen LogP contribution >= 0.6 is 0 Å². The third kappa shape index (κ3) is 9.14. The molecule has 0 N–H and O–H groups in total. The molecule has 3 heterocycles. The van der Waals surface area contributed by atoms with Gasteiger partial charge < -0.3 is 4.74 Å². The zero-order chi connectivity index (χ0) is 54.0. The van der Waals surface area contributed by atoms with Gasteiger partial charge in [-0.2, -0.15) is 9.13 Å². The Balaban J connectivity index is 0.968. The van der Waals surface area contributed by atoms with Gasteiger partial charge in [-0.25, -0.2) is 4.98 Å². The largest absolute Gasteiger partial charge is 0.457 e. The van der Waals surface area contributed by atoms with Crippen molar-refractivity contribution in [3.8, 4) is 39.8 Å². The highest BCUT2D eigenvalue weighted by Gasteiger charge is 2.41. The molecule has 12 aromatic rings. The maximum atomic E-state index is 6.92. The van der Waals surface area contributed by atoms with Gasteiger partial charge in [-0.3, -0.25) is 4.57 Å². The lowest BCUT2D eigenvalue weighted by molar-refractivity contribution is -0.567. The van der Waals surface area contributed by atoms with Crippen molar-refractivity contribution in [1.82, 2.24) is 14.1 Å². The molecule has 0 fully saturated rings. The fourth-order valence-corrected chi connectivity index (χ4v) is 16.3. The van der Waals surface area contributed by atoms with Gasteiger partial charge in [-0.1, -0.05) is 208 Å². The summed E-state index contributed by atoms with van der Waals surface area (Å²) in [7, 11) is -2.75. The van der Waals surface area contributed by atoms with Gasteiger partial charge in [0.15, 0.2) is 19.1 Å². The van der Waals surface area contributed by atoms with Crippen molar-refractivity contribution < 1.29 is 9.30 Å². The minimum Gasteiger partial charge on any atom is -0.457 e. The van der Waals surface area contributed by atoms with E-state index in [1.165, 1.54) is 43.0 Å². The Morgan fingerprint density at radius 2 is 0.987 bits per heavy atom. The Kier molecular flexibility index (Phi) is 12.5. The van der Waals surface area contributed by atoms with E-state index in [1.807, 2.05) is 12.3 Å². The Bertz CT molecular complexity index is 4040. The number of ether oxygens (including phenoxy) is 1. The van der Waals surface area contributed by atoms with Crippen LogP contribution in [0.1, 0.15) is 79.0 Å². The van der Waals surface area contributed by atoms with Crippen molar-refractivity contribution in [2.75, 3.05) is 0 Å². The highest BCUT2D eigenvalue weighted by molar-refractivity contribution is 7.19. The van der Waals surface area contributed by atoms with E-state index in [2.05, 4.69) is 307 Å². The van der Waals surface area contributed by atoms with Gasteiger partial charge in [-0.15, -0.1) is 0 Å². The van der Waals surface area contributed by atoms with Crippen LogP contribution in [0.15, 0.2) is 243 Å². The van der Waals surface area contributed by atoms with Gasteiger partial charge in [0.05, 0.1) is 11.0 Å². The molecule has 0 saturated heterocycles. The van der Waals surface area contributed by atoms with E-state index in [1.54, 1.807) is 0 Å². The number of hydrogen-bond donors (Lipinski definition) is 0. The lowest BCUT2D eigenvalue weighted by atomic mass is 9.80. The van der Waals surface area contributed by atoms with E-state index in [-0.39, 0.29) is 16.2 Å². The Morgan fingerprint density at radius 1 is 0.410 bits per heavy atom. The van der Waals surface area contributed by atoms with Crippen LogP contribution in [-0.2, 0) is 16.2 Å². The first-order valence-electron chi connectivity index (χ1n) is 27.3. The van der Waals surface area contributed by atoms with Crippen LogP contribution in [0.3, 0.4) is 0 Å². The quantitative estimate of drug-likeness (QED) is 0.0777. The predicted octanol–water partition coefficient (Wildman–Crippen LogP) is 15.1. The molecule has 6 heteroatoms. The molecule has 0 radical (unpaired) electrons. The second kappa shape index (κ2) is 19.5. The van der Waals surface area contributed by atoms with E-state index in [4.69, 9.17) is 9.72 Å². The van der Waals surface area contributed by atoms with Gasteiger partial charge >= 0.3 is 0 Å². The molecule has 0 bridgehead atoms. The molecule has 0 aliphatic heterocycles. The number of fused-ring (bicyclic) bond motifs is 4. The third-order valence-corrected chi connectivity index (χ3v) is 20.5. The number of para-hydroxylation sites is 2. The zero-order valence-electron chi connectivity index (χ0n) is 46.3. The van der Waals surface area contributed by atoms with Crippen LogP contribution in [0.25, 0.3) is 61.2 Å². The molecule has 0 atom stereocenters. The molecule has 9 aromatic carbocycles. The average molecular weight is 1030 g/mol. The van der Waals surface area contributed by atoms with E-state index in [9.17, 15) is 0 Å². The first kappa shape index (κ1) is 50.2. The summed E-state index contributed by atoms with van der Waals surface area (Å²) in [5, 5.41) is 7.68. The van der Waals surface area contributed by atoms with Gasteiger partial charge in [0.25, 0.3) is 6.33 Å². The first-order valence-corrected chi connectivity index (χ1v) is 29.3. The molecule has 0 amide bonds. The summed E-state index contributed by atoms with van der Waals surface area (Å²) in [5.41, 5.74) is 12.6. The summed E-state index contributed by atoms with van der Waals surface area (Å²) in [6.45, 7) is 20.5. The zero-order valence-corrected chi connectivity index (χ0v) is 47.3. The minimum absolute atomic E-state index is 0.00882. The Hall–Kier alpha value is -8.58. The van der Waals surface area contributed by atoms with Gasteiger partial charge in [0.1, 0.15) is 28.7 Å². The van der Waals surface area contributed by atoms with E-state index < -0.39 is 8.07 Å². The number of aromatic nitrogens is 4. The molecular formula is C72H67N4OSi+. The molecule has 0 aliphatic rings. The second-order valence-corrected chi connectivity index (χ2v) is 27.8. The predicted molar refractivity (Wildman–Crippen MR) is 329 cm³/mol. The van der Waals surface area contributed by atoms with E-state index >= 15 is 0 Å². The van der Waals surface area contributed by atoms with Crippen molar-refractivity contribution in [2.24, 2.45) is 0 Å². The van der Waals surface area contributed by atoms with Crippen LogP contribution in [0.4, 0.5) is 0 Å².